The maximum Gasteiger partial charge on any atom is 0.338 e. The summed E-state index contributed by atoms with van der Waals surface area (Å²) >= 11 is 0. The van der Waals surface area contributed by atoms with Crippen LogP contribution < -0.4 is 4.74 Å². The Morgan fingerprint density at radius 2 is 1.80 bits per heavy atom. The van der Waals surface area contributed by atoms with E-state index in [1.54, 1.807) is 13.2 Å². The number of H-pyrrole nitrogens is 1. The van der Waals surface area contributed by atoms with Crippen molar-refractivity contribution in [3.63, 3.8) is 0 Å². The number of aromatic carboxylic acids is 1. The van der Waals surface area contributed by atoms with Crippen molar-refractivity contribution in [2.24, 2.45) is 0 Å². The summed E-state index contributed by atoms with van der Waals surface area (Å²) in [6, 6.07) is 14.7. The van der Waals surface area contributed by atoms with Crippen LogP contribution in [0, 0.1) is 0 Å². The fourth-order valence-corrected chi connectivity index (χ4v) is 2.42. The molecule has 0 bridgehead atoms. The molecule has 0 aliphatic carbocycles. The van der Waals surface area contributed by atoms with Crippen LogP contribution in [0.5, 0.6) is 5.75 Å². The Hall–Kier alpha value is -2.75. The van der Waals surface area contributed by atoms with Crippen LogP contribution in [0.15, 0.2) is 48.5 Å². The number of nitrogens with one attached hydrogen (secondary N) is 1. The van der Waals surface area contributed by atoms with Crippen LogP contribution >= 0.6 is 0 Å². The van der Waals surface area contributed by atoms with Gasteiger partial charge in [0.25, 0.3) is 0 Å². The highest BCUT2D eigenvalue weighted by molar-refractivity contribution is 6.09. The number of rotatable bonds is 3. The first-order valence-electron chi connectivity index (χ1n) is 6.19. The predicted octanol–water partition coefficient (Wildman–Crippen LogP) is 3.54. The average molecular weight is 267 g/mol. The number of hydrogen-bond donors (Lipinski definition) is 2. The minimum atomic E-state index is -0.955. The van der Waals surface area contributed by atoms with Gasteiger partial charge in [-0.15, -0.1) is 0 Å². The molecule has 2 N–H and O–H groups in total. The summed E-state index contributed by atoms with van der Waals surface area (Å²) in [6.07, 6.45) is 0. The zero-order valence-corrected chi connectivity index (χ0v) is 10.9. The lowest BCUT2D eigenvalue weighted by molar-refractivity contribution is 0.0700. The number of carboxylic acids is 1. The molecule has 3 rings (SSSR count). The quantitative estimate of drug-likeness (QED) is 0.763. The van der Waals surface area contributed by atoms with Gasteiger partial charge >= 0.3 is 5.97 Å². The maximum absolute atomic E-state index is 11.6. The molecule has 0 radical (unpaired) electrons. The number of aromatic nitrogens is 1. The van der Waals surface area contributed by atoms with Crippen molar-refractivity contribution in [2.45, 2.75) is 0 Å². The minimum Gasteiger partial charge on any atom is -0.496 e. The highest BCUT2D eigenvalue weighted by Gasteiger charge is 2.20. The average Bonchev–Trinajstić information content (AvgIpc) is 2.86. The normalized spacial score (nSPS) is 10.7. The molecule has 0 amide bonds. The number of ether oxygens (including phenoxy) is 1. The molecule has 100 valence electrons. The SMILES string of the molecule is COc1ccccc1-c1[nH]c2ccccc2c1C(=O)O. The van der Waals surface area contributed by atoms with Crippen LogP contribution in [0.3, 0.4) is 0 Å². The van der Waals surface area contributed by atoms with Crippen molar-refractivity contribution in [3.05, 3.63) is 54.1 Å². The van der Waals surface area contributed by atoms with Crippen LogP contribution in [0.1, 0.15) is 10.4 Å². The zero-order valence-electron chi connectivity index (χ0n) is 10.9. The van der Waals surface area contributed by atoms with Gasteiger partial charge in [-0.1, -0.05) is 30.3 Å². The standard InChI is InChI=1S/C16H13NO3/c1-20-13-9-5-3-7-11(13)15-14(16(18)19)10-6-2-4-8-12(10)17-15/h2-9,17H,1H3,(H,18,19). The zero-order chi connectivity index (χ0) is 14.1. The summed E-state index contributed by atoms with van der Waals surface area (Å²) in [5.74, 6) is -0.315. The van der Waals surface area contributed by atoms with Crippen LogP contribution in [-0.2, 0) is 0 Å². The van der Waals surface area contributed by atoms with Crippen LogP contribution in [-0.4, -0.2) is 23.2 Å². The third-order valence-electron chi connectivity index (χ3n) is 3.30. The third-order valence-corrected chi connectivity index (χ3v) is 3.30. The monoisotopic (exact) mass is 267 g/mol. The first-order chi connectivity index (χ1) is 9.72. The van der Waals surface area contributed by atoms with Gasteiger partial charge in [-0.05, 0) is 18.2 Å². The number of para-hydroxylation sites is 2. The molecule has 0 atom stereocenters. The van der Waals surface area contributed by atoms with E-state index in [0.717, 1.165) is 11.1 Å². The molecule has 4 nitrogen and oxygen atoms in total. The first-order valence-corrected chi connectivity index (χ1v) is 6.19. The lowest BCUT2D eigenvalue weighted by Gasteiger charge is -2.07. The van der Waals surface area contributed by atoms with Gasteiger partial charge in [0.15, 0.2) is 0 Å². The summed E-state index contributed by atoms with van der Waals surface area (Å²) in [6.45, 7) is 0. The second-order valence-electron chi connectivity index (χ2n) is 4.43. The lowest BCUT2D eigenvalue weighted by Crippen LogP contribution is -1.98. The second-order valence-corrected chi connectivity index (χ2v) is 4.43. The van der Waals surface area contributed by atoms with E-state index < -0.39 is 5.97 Å². The molecule has 0 saturated heterocycles. The Balaban J connectivity index is 2.36. The topological polar surface area (TPSA) is 62.3 Å². The molecule has 2 aromatic carbocycles. The largest absolute Gasteiger partial charge is 0.496 e. The number of methoxy groups -OCH3 is 1. The predicted molar refractivity (Wildman–Crippen MR) is 77.2 cm³/mol. The first kappa shape index (κ1) is 12.3. The summed E-state index contributed by atoms with van der Waals surface area (Å²) < 4.78 is 5.32. The summed E-state index contributed by atoms with van der Waals surface area (Å²) in [5, 5.41) is 10.2. The molecule has 0 aliphatic heterocycles. The van der Waals surface area contributed by atoms with Gasteiger partial charge in [0, 0.05) is 16.5 Å². The highest BCUT2D eigenvalue weighted by Crippen LogP contribution is 2.35. The van der Waals surface area contributed by atoms with E-state index in [1.165, 1.54) is 0 Å². The summed E-state index contributed by atoms with van der Waals surface area (Å²) in [7, 11) is 1.57. The van der Waals surface area contributed by atoms with Crippen molar-refractivity contribution in [1.29, 1.82) is 0 Å². The van der Waals surface area contributed by atoms with Crippen molar-refractivity contribution in [1.82, 2.24) is 4.98 Å². The van der Waals surface area contributed by atoms with Gasteiger partial charge in [0.1, 0.15) is 5.75 Å². The fourth-order valence-electron chi connectivity index (χ4n) is 2.42. The van der Waals surface area contributed by atoms with E-state index in [1.807, 2.05) is 42.5 Å². The molecule has 1 heterocycles. The van der Waals surface area contributed by atoms with E-state index >= 15 is 0 Å². The molecule has 3 aromatic rings. The number of carbonyl (C=O) groups is 1. The van der Waals surface area contributed by atoms with Gasteiger partial charge in [-0.2, -0.15) is 0 Å². The molecule has 0 saturated carbocycles. The molecular formula is C16H13NO3. The highest BCUT2D eigenvalue weighted by atomic mass is 16.5. The Morgan fingerprint density at radius 3 is 2.55 bits per heavy atom. The fraction of sp³-hybridized carbons (Fsp3) is 0.0625. The van der Waals surface area contributed by atoms with Crippen molar-refractivity contribution in [2.75, 3.05) is 7.11 Å². The van der Waals surface area contributed by atoms with E-state index in [-0.39, 0.29) is 5.56 Å². The number of fused-ring (bicyclic) bond motifs is 1. The van der Waals surface area contributed by atoms with E-state index in [2.05, 4.69) is 4.98 Å². The molecule has 0 unspecified atom stereocenters. The van der Waals surface area contributed by atoms with Crippen molar-refractivity contribution < 1.29 is 14.6 Å². The second kappa shape index (κ2) is 4.74. The van der Waals surface area contributed by atoms with Gasteiger partial charge in [0.2, 0.25) is 0 Å². The number of aromatic amines is 1. The van der Waals surface area contributed by atoms with E-state index in [0.29, 0.717) is 16.8 Å². The number of benzene rings is 2. The van der Waals surface area contributed by atoms with E-state index in [4.69, 9.17) is 4.74 Å². The molecule has 0 aliphatic rings. The molecule has 0 fully saturated rings. The Labute approximate surface area is 115 Å². The summed E-state index contributed by atoms with van der Waals surface area (Å²) in [4.78, 5) is 14.8. The number of hydrogen-bond acceptors (Lipinski definition) is 2. The molecule has 0 spiro atoms. The van der Waals surface area contributed by atoms with Gasteiger partial charge in [-0.25, -0.2) is 4.79 Å². The Morgan fingerprint density at radius 1 is 1.10 bits per heavy atom. The van der Waals surface area contributed by atoms with Gasteiger partial charge in [-0.3, -0.25) is 0 Å². The molecule has 4 heteroatoms. The Bertz CT molecular complexity index is 789. The third kappa shape index (κ3) is 1.82. The van der Waals surface area contributed by atoms with Crippen molar-refractivity contribution >= 4 is 16.9 Å². The van der Waals surface area contributed by atoms with Crippen LogP contribution in [0.25, 0.3) is 22.2 Å². The molecular weight excluding hydrogens is 254 g/mol. The van der Waals surface area contributed by atoms with Crippen LogP contribution in [0.2, 0.25) is 0 Å². The Kier molecular flexibility index (Phi) is 2.91. The van der Waals surface area contributed by atoms with Gasteiger partial charge < -0.3 is 14.8 Å². The van der Waals surface area contributed by atoms with Crippen molar-refractivity contribution in [3.8, 4) is 17.0 Å². The van der Waals surface area contributed by atoms with E-state index in [9.17, 15) is 9.90 Å². The maximum atomic E-state index is 11.6. The minimum absolute atomic E-state index is 0.269. The lowest BCUT2D eigenvalue weighted by atomic mass is 10.0. The smallest absolute Gasteiger partial charge is 0.338 e. The molecule has 1 aromatic heterocycles. The van der Waals surface area contributed by atoms with Gasteiger partial charge in [0.05, 0.1) is 18.4 Å². The molecule has 20 heavy (non-hydrogen) atoms. The van der Waals surface area contributed by atoms with Crippen LogP contribution in [0.4, 0.5) is 0 Å². The number of carboxylic acid groups (broad SMARTS) is 1. The summed E-state index contributed by atoms with van der Waals surface area (Å²) in [5.41, 5.74) is 2.37.